The van der Waals surface area contributed by atoms with Crippen LogP contribution in [-0.4, -0.2) is 22.0 Å². The predicted molar refractivity (Wildman–Crippen MR) is 65.8 cm³/mol. The van der Waals surface area contributed by atoms with Gasteiger partial charge < -0.3 is 10.6 Å². The van der Waals surface area contributed by atoms with Crippen LogP contribution in [0.15, 0.2) is 17.9 Å². The lowest BCUT2D eigenvalue weighted by atomic mass is 10.4. The molecular formula is C10H13N5S. The lowest BCUT2D eigenvalue weighted by molar-refractivity contribution is 1.08. The van der Waals surface area contributed by atoms with Crippen molar-refractivity contribution in [1.29, 1.82) is 0 Å². The summed E-state index contributed by atoms with van der Waals surface area (Å²) in [5.74, 6) is 1.52. The van der Waals surface area contributed by atoms with E-state index in [1.54, 1.807) is 23.7 Å². The first-order valence-corrected chi connectivity index (χ1v) is 5.80. The summed E-state index contributed by atoms with van der Waals surface area (Å²) in [5, 5.41) is 6.17. The smallest absolute Gasteiger partial charge is 0.147 e. The number of rotatable bonds is 4. The van der Waals surface area contributed by atoms with E-state index in [1.165, 1.54) is 4.88 Å². The zero-order valence-corrected chi connectivity index (χ0v) is 10.0. The Hall–Kier alpha value is -1.69. The maximum Gasteiger partial charge on any atom is 0.147 e. The molecule has 0 saturated carbocycles. The third-order valence-electron chi connectivity index (χ3n) is 2.17. The second kappa shape index (κ2) is 4.89. The number of nitrogens with one attached hydrogen (secondary N) is 2. The summed E-state index contributed by atoms with van der Waals surface area (Å²) < 4.78 is 0. The summed E-state index contributed by atoms with van der Waals surface area (Å²) in [6, 6.07) is 0. The van der Waals surface area contributed by atoms with E-state index in [0.29, 0.717) is 0 Å². The quantitative estimate of drug-likeness (QED) is 0.847. The van der Waals surface area contributed by atoms with Gasteiger partial charge >= 0.3 is 0 Å². The minimum Gasteiger partial charge on any atom is -0.372 e. The monoisotopic (exact) mass is 235 g/mol. The largest absolute Gasteiger partial charge is 0.372 e. The number of aromatic nitrogens is 3. The first-order valence-electron chi connectivity index (χ1n) is 4.92. The molecule has 0 aliphatic heterocycles. The van der Waals surface area contributed by atoms with Gasteiger partial charge in [0.05, 0.1) is 30.1 Å². The van der Waals surface area contributed by atoms with Crippen molar-refractivity contribution in [2.45, 2.75) is 13.5 Å². The van der Waals surface area contributed by atoms with Crippen LogP contribution in [0, 0.1) is 6.92 Å². The summed E-state index contributed by atoms with van der Waals surface area (Å²) in [6.07, 6.45) is 3.39. The summed E-state index contributed by atoms with van der Waals surface area (Å²) in [6.45, 7) is 2.74. The summed E-state index contributed by atoms with van der Waals surface area (Å²) in [7, 11) is 1.82. The molecule has 0 bridgehead atoms. The van der Waals surface area contributed by atoms with Crippen molar-refractivity contribution >= 4 is 23.0 Å². The SMILES string of the molecule is CNc1cncc(NCc2scnc2C)n1. The van der Waals surface area contributed by atoms with Crippen LogP contribution in [0.2, 0.25) is 0 Å². The molecule has 0 fully saturated rings. The molecule has 0 amide bonds. The fourth-order valence-corrected chi connectivity index (χ4v) is 1.96. The zero-order chi connectivity index (χ0) is 11.4. The number of anilines is 2. The van der Waals surface area contributed by atoms with Gasteiger partial charge in [-0.2, -0.15) is 0 Å². The van der Waals surface area contributed by atoms with Crippen LogP contribution in [0.1, 0.15) is 10.6 Å². The van der Waals surface area contributed by atoms with E-state index in [2.05, 4.69) is 25.6 Å². The molecule has 0 radical (unpaired) electrons. The van der Waals surface area contributed by atoms with Gasteiger partial charge in [0.1, 0.15) is 11.6 Å². The summed E-state index contributed by atoms with van der Waals surface area (Å²) >= 11 is 1.64. The first-order chi connectivity index (χ1) is 7.79. The molecule has 84 valence electrons. The number of hydrogen-bond acceptors (Lipinski definition) is 6. The Labute approximate surface area is 98.0 Å². The minimum atomic E-state index is 0.734. The van der Waals surface area contributed by atoms with Gasteiger partial charge in [-0.3, -0.25) is 4.98 Å². The highest BCUT2D eigenvalue weighted by atomic mass is 32.1. The molecule has 0 spiro atoms. The Bertz CT molecular complexity index is 468. The Morgan fingerprint density at radius 2 is 2.12 bits per heavy atom. The average molecular weight is 235 g/mol. The number of hydrogen-bond donors (Lipinski definition) is 2. The molecular weight excluding hydrogens is 222 g/mol. The summed E-state index contributed by atoms with van der Waals surface area (Å²) in [4.78, 5) is 13.8. The second-order valence-electron chi connectivity index (χ2n) is 3.25. The van der Waals surface area contributed by atoms with E-state index in [9.17, 15) is 0 Å². The molecule has 2 rings (SSSR count). The molecule has 0 aromatic carbocycles. The normalized spacial score (nSPS) is 10.1. The van der Waals surface area contributed by atoms with Crippen molar-refractivity contribution in [3.05, 3.63) is 28.5 Å². The Kier molecular flexibility index (Phi) is 3.31. The van der Waals surface area contributed by atoms with Gasteiger partial charge in [-0.25, -0.2) is 9.97 Å². The highest BCUT2D eigenvalue weighted by molar-refractivity contribution is 7.09. The number of thiazole rings is 1. The van der Waals surface area contributed by atoms with Crippen molar-refractivity contribution < 1.29 is 0 Å². The van der Waals surface area contributed by atoms with Gasteiger partial charge in [0.25, 0.3) is 0 Å². The highest BCUT2D eigenvalue weighted by Crippen LogP contribution is 2.14. The van der Waals surface area contributed by atoms with Crippen molar-refractivity contribution in [3.63, 3.8) is 0 Å². The predicted octanol–water partition coefficient (Wildman–Crippen LogP) is 1.90. The fraction of sp³-hybridized carbons (Fsp3) is 0.300. The van der Waals surface area contributed by atoms with Crippen LogP contribution in [0.5, 0.6) is 0 Å². The third-order valence-corrected chi connectivity index (χ3v) is 3.10. The van der Waals surface area contributed by atoms with Crippen LogP contribution in [0.3, 0.4) is 0 Å². The molecule has 0 unspecified atom stereocenters. The van der Waals surface area contributed by atoms with E-state index in [4.69, 9.17) is 0 Å². The third kappa shape index (κ3) is 2.46. The van der Waals surface area contributed by atoms with Gasteiger partial charge in [-0.15, -0.1) is 11.3 Å². The van der Waals surface area contributed by atoms with Gasteiger partial charge in [-0.1, -0.05) is 0 Å². The molecule has 2 aromatic rings. The topological polar surface area (TPSA) is 62.7 Å². The standard InChI is InChI=1S/C10H13N5S/c1-7-8(16-6-14-7)3-13-10-5-12-4-9(11-2)15-10/h4-6H,3H2,1-2H3,(H2,11,13,15). The zero-order valence-electron chi connectivity index (χ0n) is 9.19. The van der Waals surface area contributed by atoms with Crippen molar-refractivity contribution in [3.8, 4) is 0 Å². The van der Waals surface area contributed by atoms with E-state index in [-0.39, 0.29) is 0 Å². The van der Waals surface area contributed by atoms with Crippen LogP contribution in [0.25, 0.3) is 0 Å². The highest BCUT2D eigenvalue weighted by Gasteiger charge is 2.02. The van der Waals surface area contributed by atoms with E-state index in [0.717, 1.165) is 23.9 Å². The average Bonchev–Trinajstić information content (AvgIpc) is 2.72. The molecule has 0 atom stereocenters. The maximum atomic E-state index is 4.32. The first kappa shape index (κ1) is 10.8. The second-order valence-corrected chi connectivity index (χ2v) is 4.19. The van der Waals surface area contributed by atoms with E-state index < -0.39 is 0 Å². The molecule has 5 nitrogen and oxygen atoms in total. The van der Waals surface area contributed by atoms with E-state index in [1.807, 2.05) is 19.5 Å². The van der Waals surface area contributed by atoms with Crippen molar-refractivity contribution in [2.75, 3.05) is 17.7 Å². The molecule has 16 heavy (non-hydrogen) atoms. The molecule has 2 heterocycles. The number of nitrogens with zero attached hydrogens (tertiary/aromatic N) is 3. The Morgan fingerprint density at radius 1 is 1.31 bits per heavy atom. The lowest BCUT2D eigenvalue weighted by Crippen LogP contribution is -2.03. The van der Waals surface area contributed by atoms with Crippen LogP contribution in [0.4, 0.5) is 11.6 Å². The van der Waals surface area contributed by atoms with E-state index >= 15 is 0 Å². The van der Waals surface area contributed by atoms with Gasteiger partial charge in [0, 0.05) is 11.9 Å². The molecule has 0 aliphatic carbocycles. The van der Waals surface area contributed by atoms with Crippen LogP contribution < -0.4 is 10.6 Å². The Morgan fingerprint density at radius 3 is 2.81 bits per heavy atom. The maximum absolute atomic E-state index is 4.32. The molecule has 6 heteroatoms. The van der Waals surface area contributed by atoms with Gasteiger partial charge in [0.2, 0.25) is 0 Å². The minimum absolute atomic E-state index is 0.734. The molecule has 0 saturated heterocycles. The van der Waals surface area contributed by atoms with Gasteiger partial charge in [0.15, 0.2) is 0 Å². The molecule has 2 aromatic heterocycles. The van der Waals surface area contributed by atoms with Gasteiger partial charge in [-0.05, 0) is 6.92 Å². The molecule has 2 N–H and O–H groups in total. The fourth-order valence-electron chi connectivity index (χ4n) is 1.24. The van der Waals surface area contributed by atoms with Crippen LogP contribution in [-0.2, 0) is 6.54 Å². The van der Waals surface area contributed by atoms with Crippen molar-refractivity contribution in [1.82, 2.24) is 15.0 Å². The number of aryl methyl sites for hydroxylation is 1. The Balaban J connectivity index is 2.02. The van der Waals surface area contributed by atoms with Crippen LogP contribution >= 0.6 is 11.3 Å². The molecule has 0 aliphatic rings. The lowest BCUT2D eigenvalue weighted by Gasteiger charge is -2.05. The van der Waals surface area contributed by atoms with Crippen molar-refractivity contribution in [2.24, 2.45) is 0 Å². The summed E-state index contributed by atoms with van der Waals surface area (Å²) in [5.41, 5.74) is 2.91.